The van der Waals surface area contributed by atoms with Crippen LogP contribution < -0.4 is 5.43 Å². The Morgan fingerprint density at radius 1 is 1.27 bits per heavy atom. The highest BCUT2D eigenvalue weighted by Gasteiger charge is 2.16. The first-order valence-electron chi connectivity index (χ1n) is 5.89. The van der Waals surface area contributed by atoms with E-state index in [9.17, 15) is 19.7 Å². The smallest absolute Gasteiger partial charge is 0.433 e. The van der Waals surface area contributed by atoms with Crippen molar-refractivity contribution in [1.82, 2.24) is 5.43 Å². The zero-order chi connectivity index (χ0) is 16.1. The van der Waals surface area contributed by atoms with Crippen LogP contribution in [0, 0.1) is 10.1 Å². The van der Waals surface area contributed by atoms with E-state index in [4.69, 9.17) is 9.52 Å². The molecule has 2 aromatic rings. The first-order valence-corrected chi connectivity index (χ1v) is 5.89. The summed E-state index contributed by atoms with van der Waals surface area (Å²) < 4.78 is 4.69. The van der Waals surface area contributed by atoms with Crippen LogP contribution >= 0.6 is 0 Å². The molecule has 2 N–H and O–H groups in total. The van der Waals surface area contributed by atoms with Gasteiger partial charge in [0.15, 0.2) is 0 Å². The number of nitrogens with one attached hydrogen (secondary N) is 1. The molecule has 0 bridgehead atoms. The highest BCUT2D eigenvalue weighted by molar-refractivity contribution is 5.99. The fraction of sp³-hybridized carbons (Fsp3) is 0. The van der Waals surface area contributed by atoms with E-state index >= 15 is 0 Å². The minimum Gasteiger partial charge on any atom is -0.478 e. The van der Waals surface area contributed by atoms with E-state index in [-0.39, 0.29) is 11.3 Å². The number of carboxylic acids is 1. The largest absolute Gasteiger partial charge is 0.478 e. The average Bonchev–Trinajstić information content (AvgIpc) is 2.97. The minimum absolute atomic E-state index is 0.0223. The molecule has 1 aromatic heterocycles. The number of hydrazone groups is 1. The Hall–Kier alpha value is -3.49. The third-order valence-electron chi connectivity index (χ3n) is 2.56. The van der Waals surface area contributed by atoms with Crippen LogP contribution in [0.3, 0.4) is 0 Å². The number of carboxylic acid groups (broad SMARTS) is 1. The molecule has 9 nitrogen and oxygen atoms in total. The van der Waals surface area contributed by atoms with Crippen molar-refractivity contribution in [1.29, 1.82) is 0 Å². The van der Waals surface area contributed by atoms with Gasteiger partial charge in [0.05, 0.1) is 17.8 Å². The lowest BCUT2D eigenvalue weighted by Crippen LogP contribution is -2.17. The Balaban J connectivity index is 2.07. The minimum atomic E-state index is -1.13. The summed E-state index contributed by atoms with van der Waals surface area (Å²) in [5.74, 6) is -2.77. The molecule has 1 heterocycles. The van der Waals surface area contributed by atoms with Gasteiger partial charge in [0.1, 0.15) is 4.92 Å². The predicted octanol–water partition coefficient (Wildman–Crippen LogP) is 1.65. The number of rotatable bonds is 5. The third kappa shape index (κ3) is 3.33. The summed E-state index contributed by atoms with van der Waals surface area (Å²) in [7, 11) is 0. The molecule has 2 rings (SSSR count). The highest BCUT2D eigenvalue weighted by Crippen LogP contribution is 2.15. The molecule has 9 heteroatoms. The first-order chi connectivity index (χ1) is 10.5. The second-order valence-electron chi connectivity index (χ2n) is 3.99. The molecule has 0 unspecified atom stereocenters. The van der Waals surface area contributed by atoms with Gasteiger partial charge in [-0.2, -0.15) is 5.10 Å². The van der Waals surface area contributed by atoms with E-state index in [0.717, 1.165) is 18.3 Å². The maximum absolute atomic E-state index is 11.6. The summed E-state index contributed by atoms with van der Waals surface area (Å²) in [4.78, 5) is 32.3. The summed E-state index contributed by atoms with van der Waals surface area (Å²) in [6.45, 7) is 0. The van der Waals surface area contributed by atoms with E-state index < -0.39 is 22.7 Å². The molecule has 1 aromatic carbocycles. The normalized spacial score (nSPS) is 10.5. The lowest BCUT2D eigenvalue weighted by Gasteiger charge is -1.99. The summed E-state index contributed by atoms with van der Waals surface area (Å²) in [6, 6.07) is 8.25. The molecule has 0 aliphatic carbocycles. The van der Waals surface area contributed by atoms with Gasteiger partial charge in [-0.3, -0.25) is 14.9 Å². The van der Waals surface area contributed by atoms with Gasteiger partial charge in [-0.1, -0.05) is 18.2 Å². The maximum Gasteiger partial charge on any atom is 0.433 e. The molecule has 0 fully saturated rings. The van der Waals surface area contributed by atoms with Crippen molar-refractivity contribution in [3.8, 4) is 0 Å². The Morgan fingerprint density at radius 2 is 2.00 bits per heavy atom. The van der Waals surface area contributed by atoms with Crippen molar-refractivity contribution in [2.45, 2.75) is 0 Å². The van der Waals surface area contributed by atoms with Gasteiger partial charge in [-0.15, -0.1) is 0 Å². The Kier molecular flexibility index (Phi) is 4.27. The summed E-state index contributed by atoms with van der Waals surface area (Å²) >= 11 is 0. The molecule has 1 amide bonds. The summed E-state index contributed by atoms with van der Waals surface area (Å²) in [6.07, 6.45) is 1.15. The van der Waals surface area contributed by atoms with Crippen molar-refractivity contribution < 1.29 is 24.0 Å². The fourth-order valence-corrected chi connectivity index (χ4v) is 1.57. The molecule has 0 aliphatic rings. The lowest BCUT2D eigenvalue weighted by molar-refractivity contribution is -0.402. The maximum atomic E-state index is 11.6. The van der Waals surface area contributed by atoms with E-state index in [1.54, 1.807) is 12.1 Å². The number of carbonyl (C=O) groups excluding carboxylic acids is 1. The van der Waals surface area contributed by atoms with Gasteiger partial charge in [-0.25, -0.2) is 10.2 Å². The molecular formula is C13H9N3O6. The predicted molar refractivity (Wildman–Crippen MR) is 73.8 cm³/mol. The fourth-order valence-electron chi connectivity index (χ4n) is 1.57. The van der Waals surface area contributed by atoms with Gasteiger partial charge in [-0.05, 0) is 12.1 Å². The third-order valence-corrected chi connectivity index (χ3v) is 2.56. The number of hydrogen-bond acceptors (Lipinski definition) is 6. The van der Waals surface area contributed by atoms with Crippen molar-refractivity contribution in [2.75, 3.05) is 0 Å². The van der Waals surface area contributed by atoms with Crippen molar-refractivity contribution in [3.05, 3.63) is 63.4 Å². The van der Waals surface area contributed by atoms with Crippen LogP contribution in [0.15, 0.2) is 45.9 Å². The van der Waals surface area contributed by atoms with Crippen LogP contribution in [0.25, 0.3) is 0 Å². The van der Waals surface area contributed by atoms with E-state index in [1.807, 2.05) is 0 Å². The zero-order valence-corrected chi connectivity index (χ0v) is 10.9. The number of hydrogen-bond donors (Lipinski definition) is 2. The molecule has 0 spiro atoms. The van der Waals surface area contributed by atoms with Gasteiger partial charge in [0.2, 0.25) is 5.76 Å². The number of nitro groups is 1. The second-order valence-corrected chi connectivity index (χ2v) is 3.99. The monoisotopic (exact) mass is 303 g/mol. The molecule has 0 saturated carbocycles. The second kappa shape index (κ2) is 6.31. The van der Waals surface area contributed by atoms with Crippen LogP contribution in [0.4, 0.5) is 5.88 Å². The molecule has 0 aliphatic heterocycles. The molecule has 0 atom stereocenters. The van der Waals surface area contributed by atoms with Gasteiger partial charge >= 0.3 is 17.8 Å². The lowest BCUT2D eigenvalue weighted by atomic mass is 10.1. The van der Waals surface area contributed by atoms with Gasteiger partial charge in [0.25, 0.3) is 0 Å². The van der Waals surface area contributed by atoms with Crippen LogP contribution in [0.5, 0.6) is 0 Å². The zero-order valence-electron chi connectivity index (χ0n) is 10.9. The Labute approximate surface area is 123 Å². The average molecular weight is 303 g/mol. The van der Waals surface area contributed by atoms with Crippen molar-refractivity contribution >= 4 is 24.0 Å². The Bertz CT molecular complexity index is 765. The topological polar surface area (TPSA) is 135 Å². The van der Waals surface area contributed by atoms with Crippen LogP contribution in [-0.2, 0) is 0 Å². The van der Waals surface area contributed by atoms with Crippen molar-refractivity contribution in [2.24, 2.45) is 5.10 Å². The van der Waals surface area contributed by atoms with Gasteiger partial charge < -0.3 is 9.52 Å². The highest BCUT2D eigenvalue weighted by atomic mass is 16.6. The Morgan fingerprint density at radius 3 is 2.64 bits per heavy atom. The number of amides is 1. The van der Waals surface area contributed by atoms with Crippen LogP contribution in [-0.4, -0.2) is 28.1 Å². The summed E-state index contributed by atoms with van der Waals surface area (Å²) in [5.41, 5.74) is 2.40. The SMILES string of the molecule is O=C(N/N=C/c1ccccc1C(=O)O)c1ccc([N+](=O)[O-])o1. The van der Waals surface area contributed by atoms with Crippen LogP contribution in [0.1, 0.15) is 26.5 Å². The number of benzene rings is 1. The van der Waals surface area contributed by atoms with E-state index in [2.05, 4.69) is 10.5 Å². The molecule has 22 heavy (non-hydrogen) atoms. The molecular weight excluding hydrogens is 294 g/mol. The summed E-state index contributed by atoms with van der Waals surface area (Å²) in [5, 5.41) is 23.0. The number of nitrogens with zero attached hydrogens (tertiary/aromatic N) is 2. The van der Waals surface area contributed by atoms with Gasteiger partial charge in [0, 0.05) is 5.56 Å². The van der Waals surface area contributed by atoms with Crippen LogP contribution in [0.2, 0.25) is 0 Å². The number of furan rings is 1. The number of aromatic carboxylic acids is 1. The number of carbonyl (C=O) groups is 2. The van der Waals surface area contributed by atoms with E-state index in [1.165, 1.54) is 12.1 Å². The standard InChI is InChI=1S/C13H9N3O6/c17-12(10-5-6-11(22-10)16(20)21)15-14-7-8-3-1-2-4-9(8)13(18)19/h1-7H,(H,15,17)(H,18,19)/b14-7+. The molecule has 112 valence electrons. The van der Waals surface area contributed by atoms with E-state index in [0.29, 0.717) is 5.56 Å². The quantitative estimate of drug-likeness (QED) is 0.489. The van der Waals surface area contributed by atoms with Crippen molar-refractivity contribution in [3.63, 3.8) is 0 Å². The first kappa shape index (κ1) is 14.9. The molecule has 0 radical (unpaired) electrons. The molecule has 0 saturated heterocycles.